The predicted molar refractivity (Wildman–Crippen MR) is 74.0 cm³/mol. The van der Waals surface area contributed by atoms with E-state index in [9.17, 15) is 9.59 Å². The summed E-state index contributed by atoms with van der Waals surface area (Å²) in [6.45, 7) is 1.18. The van der Waals surface area contributed by atoms with Crippen LogP contribution in [-0.4, -0.2) is 31.4 Å². The number of carbonyl (C=O) groups is 2. The molecule has 102 valence electrons. The fraction of sp³-hybridized carbons (Fsp3) is 0.385. The van der Waals surface area contributed by atoms with Crippen LogP contribution in [0.1, 0.15) is 6.42 Å². The average Bonchev–Trinajstić information content (AvgIpc) is 2.78. The summed E-state index contributed by atoms with van der Waals surface area (Å²) < 4.78 is 0. The maximum atomic E-state index is 12.0. The molecular formula is C13H16ClN3O2. The average molecular weight is 282 g/mol. The van der Waals surface area contributed by atoms with Crippen molar-refractivity contribution in [1.82, 2.24) is 5.32 Å². The van der Waals surface area contributed by atoms with E-state index >= 15 is 0 Å². The Bertz CT molecular complexity index is 493. The van der Waals surface area contributed by atoms with Crippen molar-refractivity contribution in [3.8, 4) is 0 Å². The van der Waals surface area contributed by atoms with Gasteiger partial charge in [-0.3, -0.25) is 9.59 Å². The van der Waals surface area contributed by atoms with E-state index in [0.29, 0.717) is 30.3 Å². The highest BCUT2D eigenvalue weighted by Gasteiger charge is 2.35. The Morgan fingerprint density at radius 1 is 1.47 bits per heavy atom. The predicted octanol–water partition coefficient (Wildman–Crippen LogP) is 0.768. The molecule has 0 saturated carbocycles. The number of anilines is 1. The van der Waals surface area contributed by atoms with Crippen LogP contribution in [0.25, 0.3) is 0 Å². The molecule has 0 bridgehead atoms. The van der Waals surface area contributed by atoms with Gasteiger partial charge in [0, 0.05) is 26.1 Å². The Hall–Kier alpha value is -1.59. The summed E-state index contributed by atoms with van der Waals surface area (Å²) in [6.07, 6.45) is 0.210. The molecule has 1 saturated heterocycles. The van der Waals surface area contributed by atoms with E-state index in [0.717, 1.165) is 0 Å². The number of halogens is 1. The standard InChI is InChI=1S/C13H16ClN3O2/c14-10-3-1-2-4-11(10)17-8-9(7-12(17)18)13(19)16-6-5-15/h1-4,9H,5-8,15H2,(H,16,19). The minimum absolute atomic E-state index is 0.0824. The highest BCUT2D eigenvalue weighted by Crippen LogP contribution is 2.30. The number of para-hydroxylation sites is 1. The van der Waals surface area contributed by atoms with Gasteiger partial charge in [-0.25, -0.2) is 0 Å². The molecule has 1 aliphatic heterocycles. The van der Waals surface area contributed by atoms with Crippen molar-refractivity contribution in [3.63, 3.8) is 0 Å². The Balaban J connectivity index is 2.08. The minimum Gasteiger partial charge on any atom is -0.355 e. The van der Waals surface area contributed by atoms with Gasteiger partial charge < -0.3 is 16.0 Å². The second kappa shape index (κ2) is 6.04. The van der Waals surface area contributed by atoms with Crippen LogP contribution < -0.4 is 16.0 Å². The first kappa shape index (κ1) is 13.8. The number of hydrogen-bond acceptors (Lipinski definition) is 3. The summed E-state index contributed by atoms with van der Waals surface area (Å²) in [4.78, 5) is 25.4. The smallest absolute Gasteiger partial charge is 0.227 e. The molecule has 0 aliphatic carbocycles. The van der Waals surface area contributed by atoms with E-state index in [1.54, 1.807) is 23.1 Å². The van der Waals surface area contributed by atoms with Gasteiger partial charge in [0.2, 0.25) is 11.8 Å². The zero-order valence-electron chi connectivity index (χ0n) is 10.4. The van der Waals surface area contributed by atoms with Crippen molar-refractivity contribution in [1.29, 1.82) is 0 Å². The highest BCUT2D eigenvalue weighted by atomic mass is 35.5. The lowest BCUT2D eigenvalue weighted by Crippen LogP contribution is -2.35. The SMILES string of the molecule is NCCNC(=O)C1CC(=O)N(c2ccccc2Cl)C1. The van der Waals surface area contributed by atoms with Crippen LogP contribution in [0.5, 0.6) is 0 Å². The molecule has 3 N–H and O–H groups in total. The van der Waals surface area contributed by atoms with E-state index in [4.69, 9.17) is 17.3 Å². The number of hydrogen-bond donors (Lipinski definition) is 2. The van der Waals surface area contributed by atoms with Crippen molar-refractivity contribution in [2.75, 3.05) is 24.5 Å². The number of nitrogens with one attached hydrogen (secondary N) is 1. The molecule has 1 heterocycles. The normalized spacial score (nSPS) is 18.7. The zero-order chi connectivity index (χ0) is 13.8. The Morgan fingerprint density at radius 3 is 2.89 bits per heavy atom. The second-order valence-corrected chi connectivity index (χ2v) is 4.84. The molecule has 1 aliphatic rings. The molecule has 1 unspecified atom stereocenters. The van der Waals surface area contributed by atoms with Gasteiger partial charge in [-0.1, -0.05) is 23.7 Å². The monoisotopic (exact) mass is 281 g/mol. The van der Waals surface area contributed by atoms with Gasteiger partial charge in [-0.2, -0.15) is 0 Å². The van der Waals surface area contributed by atoms with Crippen LogP contribution >= 0.6 is 11.6 Å². The van der Waals surface area contributed by atoms with Gasteiger partial charge in [-0.05, 0) is 12.1 Å². The lowest BCUT2D eigenvalue weighted by molar-refractivity contribution is -0.126. The van der Waals surface area contributed by atoms with Crippen molar-refractivity contribution >= 4 is 29.1 Å². The molecule has 0 radical (unpaired) electrons. The molecule has 1 fully saturated rings. The van der Waals surface area contributed by atoms with Crippen molar-refractivity contribution in [3.05, 3.63) is 29.3 Å². The van der Waals surface area contributed by atoms with E-state index in [-0.39, 0.29) is 24.2 Å². The Morgan fingerprint density at radius 2 is 2.21 bits per heavy atom. The van der Waals surface area contributed by atoms with Gasteiger partial charge >= 0.3 is 0 Å². The number of benzene rings is 1. The molecule has 5 nitrogen and oxygen atoms in total. The maximum absolute atomic E-state index is 12.0. The lowest BCUT2D eigenvalue weighted by Gasteiger charge is -2.17. The van der Waals surface area contributed by atoms with E-state index in [1.165, 1.54) is 0 Å². The third-order valence-electron chi connectivity index (χ3n) is 3.08. The molecule has 1 aromatic rings. The molecule has 2 amide bonds. The fourth-order valence-corrected chi connectivity index (χ4v) is 2.36. The first-order valence-electron chi connectivity index (χ1n) is 6.16. The van der Waals surface area contributed by atoms with Crippen LogP contribution in [0.15, 0.2) is 24.3 Å². The molecular weight excluding hydrogens is 266 g/mol. The molecule has 1 atom stereocenters. The molecule has 2 rings (SSSR count). The van der Waals surface area contributed by atoms with Crippen molar-refractivity contribution in [2.45, 2.75) is 6.42 Å². The summed E-state index contributed by atoms with van der Waals surface area (Å²) in [6, 6.07) is 7.13. The topological polar surface area (TPSA) is 75.4 Å². The fourth-order valence-electron chi connectivity index (χ4n) is 2.13. The zero-order valence-corrected chi connectivity index (χ0v) is 11.2. The van der Waals surface area contributed by atoms with Crippen LogP contribution in [0.4, 0.5) is 5.69 Å². The quantitative estimate of drug-likeness (QED) is 0.856. The van der Waals surface area contributed by atoms with Crippen LogP contribution in [-0.2, 0) is 9.59 Å². The van der Waals surface area contributed by atoms with E-state index in [1.807, 2.05) is 6.07 Å². The number of nitrogens with zero attached hydrogens (tertiary/aromatic N) is 1. The third-order valence-corrected chi connectivity index (χ3v) is 3.40. The summed E-state index contributed by atoms with van der Waals surface area (Å²) in [5, 5.41) is 3.22. The summed E-state index contributed by atoms with van der Waals surface area (Å²) in [7, 11) is 0. The Kier molecular flexibility index (Phi) is 4.39. The largest absolute Gasteiger partial charge is 0.355 e. The molecule has 0 spiro atoms. The molecule has 0 aromatic heterocycles. The Labute approximate surface area is 116 Å². The first-order chi connectivity index (χ1) is 9.13. The van der Waals surface area contributed by atoms with Crippen LogP contribution in [0.3, 0.4) is 0 Å². The van der Waals surface area contributed by atoms with Gasteiger partial charge in [0.25, 0.3) is 0 Å². The number of rotatable bonds is 4. The van der Waals surface area contributed by atoms with Crippen LogP contribution in [0, 0.1) is 5.92 Å². The number of carbonyl (C=O) groups excluding carboxylic acids is 2. The van der Waals surface area contributed by atoms with Crippen molar-refractivity contribution in [2.24, 2.45) is 11.7 Å². The first-order valence-corrected chi connectivity index (χ1v) is 6.54. The summed E-state index contributed by atoms with van der Waals surface area (Å²) in [5.74, 6) is -0.551. The minimum atomic E-state index is -0.338. The number of nitrogens with two attached hydrogens (primary N) is 1. The van der Waals surface area contributed by atoms with Gasteiger partial charge in [-0.15, -0.1) is 0 Å². The van der Waals surface area contributed by atoms with Gasteiger partial charge in [0.15, 0.2) is 0 Å². The molecule has 6 heteroatoms. The van der Waals surface area contributed by atoms with Gasteiger partial charge in [0.1, 0.15) is 0 Å². The van der Waals surface area contributed by atoms with E-state index in [2.05, 4.69) is 5.32 Å². The highest BCUT2D eigenvalue weighted by molar-refractivity contribution is 6.33. The van der Waals surface area contributed by atoms with Crippen LogP contribution in [0.2, 0.25) is 5.02 Å². The van der Waals surface area contributed by atoms with Gasteiger partial charge in [0.05, 0.1) is 16.6 Å². The number of amides is 2. The molecule has 19 heavy (non-hydrogen) atoms. The summed E-state index contributed by atoms with van der Waals surface area (Å²) >= 11 is 6.07. The molecule has 1 aromatic carbocycles. The van der Waals surface area contributed by atoms with E-state index < -0.39 is 0 Å². The van der Waals surface area contributed by atoms with Crippen molar-refractivity contribution < 1.29 is 9.59 Å². The third kappa shape index (κ3) is 3.05. The lowest BCUT2D eigenvalue weighted by atomic mass is 10.1. The maximum Gasteiger partial charge on any atom is 0.227 e. The summed E-state index contributed by atoms with van der Waals surface area (Å²) in [5.41, 5.74) is 5.99. The second-order valence-electron chi connectivity index (χ2n) is 4.44.